The SMILES string of the molecule is CC.CC.CC.CC.CC(C)C.CC(C)C.CC(C)c1cnccn1.CC(C)c1cncnc1.c1ccc2cnccc2c1.c1ccc2nnccc2c1. The van der Waals surface area contributed by atoms with Crippen molar-refractivity contribution in [1.29, 1.82) is 0 Å². The molecule has 7 heteroatoms. The van der Waals surface area contributed by atoms with E-state index in [4.69, 9.17) is 0 Å². The molecule has 54 heavy (non-hydrogen) atoms. The Morgan fingerprint density at radius 1 is 0.407 bits per heavy atom. The Kier molecular flexibility index (Phi) is 42.7. The highest BCUT2D eigenvalue weighted by Gasteiger charge is 1.97. The second-order valence-corrected chi connectivity index (χ2v) is 12.4. The number of rotatable bonds is 2. The predicted octanol–water partition coefficient (Wildman–Crippen LogP) is 14.5. The summed E-state index contributed by atoms with van der Waals surface area (Å²) in [5, 5.41) is 11.3. The van der Waals surface area contributed by atoms with Crippen LogP contribution in [0.1, 0.15) is 148 Å². The van der Waals surface area contributed by atoms with E-state index >= 15 is 0 Å². The topological polar surface area (TPSA) is 90.2 Å². The molecule has 7 nitrogen and oxygen atoms in total. The van der Waals surface area contributed by atoms with Gasteiger partial charge >= 0.3 is 0 Å². The highest BCUT2D eigenvalue weighted by molar-refractivity contribution is 5.81. The van der Waals surface area contributed by atoms with Gasteiger partial charge in [0.25, 0.3) is 0 Å². The first-order valence-electron chi connectivity index (χ1n) is 20.0. The van der Waals surface area contributed by atoms with Gasteiger partial charge in [-0.1, -0.05) is 167 Å². The molecule has 0 fully saturated rings. The Morgan fingerprint density at radius 3 is 1.28 bits per heavy atom. The van der Waals surface area contributed by atoms with Gasteiger partial charge in [-0.3, -0.25) is 15.0 Å². The van der Waals surface area contributed by atoms with Gasteiger partial charge in [0.05, 0.1) is 17.4 Å². The zero-order chi connectivity index (χ0) is 42.2. The highest BCUT2D eigenvalue weighted by Crippen LogP contribution is 2.10. The lowest BCUT2D eigenvalue weighted by Crippen LogP contribution is -1.91. The van der Waals surface area contributed by atoms with Crippen molar-refractivity contribution in [2.75, 3.05) is 0 Å². The summed E-state index contributed by atoms with van der Waals surface area (Å²) < 4.78 is 0. The summed E-state index contributed by atoms with van der Waals surface area (Å²) in [6, 6.07) is 20.1. The van der Waals surface area contributed by atoms with Crippen LogP contribution in [0.3, 0.4) is 0 Å². The number of aromatic nitrogens is 7. The molecule has 0 radical (unpaired) electrons. The van der Waals surface area contributed by atoms with Crippen LogP contribution in [0.25, 0.3) is 21.7 Å². The number of pyridine rings is 1. The number of hydrogen-bond acceptors (Lipinski definition) is 7. The molecule has 0 bridgehead atoms. The minimum absolute atomic E-state index is 0.485. The van der Waals surface area contributed by atoms with E-state index in [0.717, 1.165) is 28.4 Å². The van der Waals surface area contributed by atoms with E-state index in [1.54, 1.807) is 31.1 Å². The molecule has 0 aliphatic rings. The summed E-state index contributed by atoms with van der Waals surface area (Å²) in [6.07, 6.45) is 15.8. The molecule has 0 N–H and O–H groups in total. The van der Waals surface area contributed by atoms with E-state index < -0.39 is 0 Å². The van der Waals surface area contributed by atoms with E-state index in [1.807, 2.05) is 129 Å². The van der Waals surface area contributed by atoms with Crippen LogP contribution in [0, 0.1) is 11.8 Å². The van der Waals surface area contributed by atoms with Crippen molar-refractivity contribution in [3.63, 3.8) is 0 Å². The maximum Gasteiger partial charge on any atom is 0.115 e. The molecule has 0 amide bonds. The fraction of sp³-hybridized carbons (Fsp3) is 0.468. The normalized spacial score (nSPS) is 8.85. The third-order valence-corrected chi connectivity index (χ3v) is 5.39. The quantitative estimate of drug-likeness (QED) is 0.175. The Morgan fingerprint density at radius 2 is 0.870 bits per heavy atom. The molecule has 0 aliphatic carbocycles. The second kappa shape index (κ2) is 41.1. The summed E-state index contributed by atoms with van der Waals surface area (Å²) in [5.74, 6) is 2.69. The van der Waals surface area contributed by atoms with Crippen molar-refractivity contribution in [2.24, 2.45) is 11.8 Å². The summed E-state index contributed by atoms with van der Waals surface area (Å²) in [6.45, 7) is 37.4. The highest BCUT2D eigenvalue weighted by atomic mass is 15.1. The van der Waals surface area contributed by atoms with Gasteiger partial charge in [0.1, 0.15) is 6.33 Å². The molecule has 0 unspecified atom stereocenters. The van der Waals surface area contributed by atoms with E-state index in [2.05, 4.69) is 116 Å². The first kappa shape index (κ1) is 56.1. The van der Waals surface area contributed by atoms with Crippen LogP contribution >= 0.6 is 0 Å². The van der Waals surface area contributed by atoms with Crippen LogP contribution in [-0.4, -0.2) is 35.1 Å². The van der Waals surface area contributed by atoms with E-state index in [9.17, 15) is 0 Å². The van der Waals surface area contributed by atoms with Crippen LogP contribution in [0.15, 0.2) is 117 Å². The average Bonchev–Trinajstić information content (AvgIpc) is 3.22. The summed E-state index contributed by atoms with van der Waals surface area (Å²) in [4.78, 5) is 19.9. The zero-order valence-corrected chi connectivity index (χ0v) is 37.4. The van der Waals surface area contributed by atoms with Crippen LogP contribution in [-0.2, 0) is 0 Å². The van der Waals surface area contributed by atoms with Crippen molar-refractivity contribution < 1.29 is 0 Å². The van der Waals surface area contributed by atoms with Crippen LogP contribution in [0.5, 0.6) is 0 Å². The van der Waals surface area contributed by atoms with E-state index in [0.29, 0.717) is 11.8 Å². The van der Waals surface area contributed by atoms with E-state index in [-0.39, 0.29) is 0 Å². The monoisotopic (exact) mass is 740 g/mol. The molecular formula is C47H77N7. The molecule has 4 heterocycles. The third-order valence-electron chi connectivity index (χ3n) is 5.39. The first-order chi connectivity index (χ1) is 26.0. The number of hydrogen-bond donors (Lipinski definition) is 0. The lowest BCUT2D eigenvalue weighted by molar-refractivity contribution is 0.736. The van der Waals surface area contributed by atoms with Gasteiger partial charge in [0, 0.05) is 48.8 Å². The molecule has 0 saturated carbocycles. The molecule has 0 aliphatic heterocycles. The number of fused-ring (bicyclic) bond motifs is 2. The first-order valence-corrected chi connectivity index (χ1v) is 20.0. The lowest BCUT2D eigenvalue weighted by atomic mass is 10.1. The molecule has 6 aromatic rings. The second-order valence-electron chi connectivity index (χ2n) is 12.4. The molecule has 2 aromatic carbocycles. The van der Waals surface area contributed by atoms with Crippen LogP contribution < -0.4 is 0 Å². The van der Waals surface area contributed by atoms with E-state index in [1.165, 1.54) is 16.3 Å². The minimum atomic E-state index is 0.485. The number of nitrogens with zero attached hydrogens (tertiary/aromatic N) is 7. The van der Waals surface area contributed by atoms with Crippen molar-refractivity contribution in [2.45, 2.75) is 136 Å². The molecule has 0 saturated heterocycles. The fourth-order valence-electron chi connectivity index (χ4n) is 3.17. The average molecular weight is 740 g/mol. The standard InChI is InChI=1S/C9H7N.C8H6N2.2C7H10N2.2C4H10.4C2H6/c1-2-4-9-7-10-6-5-8(9)3-1;1-2-4-8-7(3-1)5-6-9-10-8;1-6(2)7-3-8-5-9-4-7;1-6(2)7-5-8-3-4-9-7;2*1-4(2)3;4*1-2/h1-7H;1-6H;2*3-6H,1-2H3;2*4H,1-3H3;4*1-2H3. The molecule has 300 valence electrons. The van der Waals surface area contributed by atoms with Gasteiger partial charge in [-0.25, -0.2) is 9.97 Å². The minimum Gasteiger partial charge on any atom is -0.264 e. The molecule has 0 spiro atoms. The maximum absolute atomic E-state index is 4.12. The van der Waals surface area contributed by atoms with Gasteiger partial charge in [-0.2, -0.15) is 10.2 Å². The Balaban J connectivity index is -0.000000274. The predicted molar refractivity (Wildman–Crippen MR) is 240 cm³/mol. The van der Waals surface area contributed by atoms with Crippen molar-refractivity contribution in [3.8, 4) is 0 Å². The molecule has 0 atom stereocenters. The van der Waals surface area contributed by atoms with Gasteiger partial charge in [-0.15, -0.1) is 0 Å². The largest absolute Gasteiger partial charge is 0.264 e. The van der Waals surface area contributed by atoms with Gasteiger partial charge < -0.3 is 0 Å². The number of benzene rings is 2. The zero-order valence-electron chi connectivity index (χ0n) is 37.4. The molecule has 6 rings (SSSR count). The maximum atomic E-state index is 4.12. The summed E-state index contributed by atoms with van der Waals surface area (Å²) in [7, 11) is 0. The van der Waals surface area contributed by atoms with Gasteiger partial charge in [0.2, 0.25) is 0 Å². The molecule has 4 aromatic heterocycles. The van der Waals surface area contributed by atoms with Gasteiger partial charge in [0.15, 0.2) is 0 Å². The third kappa shape index (κ3) is 33.2. The van der Waals surface area contributed by atoms with Crippen LogP contribution in [0.2, 0.25) is 0 Å². The van der Waals surface area contributed by atoms with Crippen molar-refractivity contribution in [3.05, 3.63) is 128 Å². The lowest BCUT2D eigenvalue weighted by Gasteiger charge is -1.99. The van der Waals surface area contributed by atoms with Crippen molar-refractivity contribution in [1.82, 2.24) is 35.1 Å². The smallest absolute Gasteiger partial charge is 0.115 e. The summed E-state index contributed by atoms with van der Waals surface area (Å²) >= 11 is 0. The van der Waals surface area contributed by atoms with Crippen LogP contribution in [0.4, 0.5) is 0 Å². The van der Waals surface area contributed by atoms with Crippen molar-refractivity contribution >= 4 is 21.7 Å². The Bertz CT molecular complexity index is 1320. The molecular weight excluding hydrogens is 663 g/mol. The summed E-state index contributed by atoms with van der Waals surface area (Å²) in [5.41, 5.74) is 3.19. The van der Waals surface area contributed by atoms with Gasteiger partial charge in [-0.05, 0) is 58.2 Å². The Hall–Kier alpha value is -4.65. The Labute approximate surface area is 332 Å². The fourth-order valence-corrected chi connectivity index (χ4v) is 3.17.